The number of amidine groups is 1. The first-order valence-corrected chi connectivity index (χ1v) is 16.6. The van der Waals surface area contributed by atoms with Crippen LogP contribution in [0, 0.1) is 26.2 Å². The number of nitrogen functional groups attached to an aromatic ring is 1. The number of H-pyrrole nitrogens is 2. The molecule has 0 atom stereocenters. The van der Waals surface area contributed by atoms with E-state index in [9.17, 15) is 4.79 Å². The number of anilines is 1. The number of carboxylic acid groups (broad SMARTS) is 1. The fourth-order valence-electron chi connectivity index (χ4n) is 2.85. The fourth-order valence-corrected chi connectivity index (χ4v) is 2.85. The molecule has 0 aliphatic heterocycles. The molecule has 3 rings (SSSR count). The van der Waals surface area contributed by atoms with Crippen LogP contribution in [0.25, 0.3) is 0 Å². The summed E-state index contributed by atoms with van der Waals surface area (Å²) in [5, 5.41) is 30.7. The standard InChI is InChI=1S/C8H13N3O.C6H11N3.C6H15N.C3H6N4.C2H7N3.C2H4O2.CH4.H2O4S/c1-4-5-8-9-6(2)10-11(8)7(3)12;1-3-4-6-7-5(2)8-9-6;1-4-7(5-2)6-3;1-2-5-3(4)7-6-2;3-1-2(4)5;1-2(3)4;;1-5(2,3)4/h4-5H2,1-3H3;3-4H2,1-2H3,(H,7,8,9);4-6H2,1-3H3;1H3,(H3,4,5,6,7);1,3H2,(H3,4,5);1H3,(H,3,4);1H4;(H2,1,2,3,4). The van der Waals surface area contributed by atoms with Crippen molar-refractivity contribution in [1.29, 1.82) is 5.41 Å². The van der Waals surface area contributed by atoms with Crippen molar-refractivity contribution in [3.8, 4) is 0 Å². The predicted octanol–water partition coefficient (Wildman–Crippen LogP) is 2.26. The van der Waals surface area contributed by atoms with Crippen molar-refractivity contribution < 1.29 is 32.2 Å². The Morgan fingerprint density at radius 2 is 1.28 bits per heavy atom. The third-order valence-corrected chi connectivity index (χ3v) is 4.85. The number of aliphatic carboxylic acids is 1. The number of nitrogens with two attached hydrogens (primary N) is 3. The average molecular weight is 739 g/mol. The molecule has 0 aliphatic carbocycles. The van der Waals surface area contributed by atoms with Crippen molar-refractivity contribution in [3.63, 3.8) is 0 Å². The maximum atomic E-state index is 11.0. The Hall–Kier alpha value is -4.38. The topological polar surface area (TPSA) is 348 Å². The van der Waals surface area contributed by atoms with Crippen LogP contribution in [0.4, 0.5) is 5.95 Å². The molecule has 0 spiro atoms. The number of rotatable bonds is 8. The summed E-state index contributed by atoms with van der Waals surface area (Å²) < 4.78 is 33.0. The minimum absolute atomic E-state index is 0. The molecule has 0 unspecified atom stereocenters. The van der Waals surface area contributed by atoms with Gasteiger partial charge in [0.05, 0.1) is 6.54 Å². The highest BCUT2D eigenvalue weighted by Crippen LogP contribution is 2.01. The van der Waals surface area contributed by atoms with E-state index in [4.69, 9.17) is 50.0 Å². The molecule has 12 N–H and O–H groups in total. The Labute approximate surface area is 296 Å². The Morgan fingerprint density at radius 1 is 0.880 bits per heavy atom. The molecule has 3 heterocycles. The second-order valence-electron chi connectivity index (χ2n) is 9.44. The zero-order chi connectivity index (χ0) is 39.2. The fraction of sp³-hybridized carbons (Fsp3) is 0.679. The van der Waals surface area contributed by atoms with Crippen LogP contribution in [0.5, 0.6) is 0 Å². The molecule has 3 aromatic rings. The number of aromatic amines is 2. The molecule has 0 saturated carbocycles. The first-order valence-electron chi connectivity index (χ1n) is 15.2. The van der Waals surface area contributed by atoms with Crippen LogP contribution in [-0.4, -0.2) is 117 Å². The van der Waals surface area contributed by atoms with Gasteiger partial charge in [-0.25, -0.2) is 9.97 Å². The maximum Gasteiger partial charge on any atom is 0.394 e. The summed E-state index contributed by atoms with van der Waals surface area (Å²) in [6.07, 6.45) is 3.87. The Balaban J connectivity index is -0.000000162. The zero-order valence-electron chi connectivity index (χ0n) is 30.3. The van der Waals surface area contributed by atoms with Gasteiger partial charge >= 0.3 is 10.4 Å². The molecule has 21 nitrogen and oxygen atoms in total. The summed E-state index contributed by atoms with van der Waals surface area (Å²) in [5.74, 6) is 3.43. The molecule has 0 saturated heterocycles. The quantitative estimate of drug-likeness (QED) is 0.0908. The number of nitrogens with zero attached hydrogens (tertiary/aromatic N) is 8. The number of nitrogens with one attached hydrogen (secondary N) is 3. The van der Waals surface area contributed by atoms with E-state index in [2.05, 4.69) is 80.0 Å². The first-order chi connectivity index (χ1) is 22.6. The Kier molecular flexibility index (Phi) is 36.5. The monoisotopic (exact) mass is 738 g/mol. The summed E-state index contributed by atoms with van der Waals surface area (Å²) in [6.45, 7) is 22.5. The highest BCUT2D eigenvalue weighted by atomic mass is 32.3. The van der Waals surface area contributed by atoms with Crippen molar-refractivity contribution in [2.45, 2.75) is 102 Å². The highest BCUT2D eigenvalue weighted by Gasteiger charge is 2.08. The summed E-state index contributed by atoms with van der Waals surface area (Å²) in [5.41, 5.74) is 14.7. The molecule has 22 heteroatoms. The number of hydrogen-bond donors (Lipinski definition) is 9. The molecule has 0 amide bonds. The van der Waals surface area contributed by atoms with Crippen molar-refractivity contribution in [2.75, 3.05) is 31.9 Å². The summed E-state index contributed by atoms with van der Waals surface area (Å²) in [6, 6.07) is 0. The van der Waals surface area contributed by atoms with Gasteiger partial charge in [0.25, 0.3) is 5.97 Å². The van der Waals surface area contributed by atoms with Crippen molar-refractivity contribution in [2.24, 2.45) is 11.5 Å². The lowest BCUT2D eigenvalue weighted by Crippen LogP contribution is -2.21. The van der Waals surface area contributed by atoms with Gasteiger partial charge in [0.1, 0.15) is 29.1 Å². The first kappa shape index (κ1) is 55.0. The number of aromatic nitrogens is 9. The molecule has 3 aromatic heterocycles. The van der Waals surface area contributed by atoms with Gasteiger partial charge in [0.2, 0.25) is 11.9 Å². The smallest absolute Gasteiger partial charge is 0.394 e. The average Bonchev–Trinajstić information content (AvgIpc) is 3.69. The lowest BCUT2D eigenvalue weighted by atomic mass is 10.3. The van der Waals surface area contributed by atoms with Gasteiger partial charge in [0, 0.05) is 26.7 Å². The van der Waals surface area contributed by atoms with Gasteiger partial charge in [-0.2, -0.15) is 23.2 Å². The SMILES string of the molecule is C.CC(=O)O.CCCc1n[nH]c(C)n1.CCCc1nc(C)nn1C(C)=O.CCN(CC)CC.Cc1nc(N)n[nH]1.N=C(N)CN.O=S(=O)(O)O. The van der Waals surface area contributed by atoms with Gasteiger partial charge < -0.3 is 27.2 Å². The van der Waals surface area contributed by atoms with Crippen molar-refractivity contribution in [3.05, 3.63) is 29.1 Å². The van der Waals surface area contributed by atoms with Crippen LogP contribution in [0.1, 0.15) is 103 Å². The predicted molar refractivity (Wildman–Crippen MR) is 194 cm³/mol. The van der Waals surface area contributed by atoms with Gasteiger partial charge in [-0.3, -0.25) is 34.3 Å². The minimum Gasteiger partial charge on any atom is -0.481 e. The van der Waals surface area contributed by atoms with Crippen LogP contribution in [-0.2, 0) is 28.0 Å². The van der Waals surface area contributed by atoms with Gasteiger partial charge in [-0.15, -0.1) is 10.2 Å². The molecular weight excluding hydrogens is 676 g/mol. The van der Waals surface area contributed by atoms with E-state index in [-0.39, 0.29) is 25.7 Å². The van der Waals surface area contributed by atoms with Crippen LogP contribution in [0.3, 0.4) is 0 Å². The molecule has 50 heavy (non-hydrogen) atoms. The third-order valence-electron chi connectivity index (χ3n) is 4.85. The number of carboxylic acids is 1. The van der Waals surface area contributed by atoms with Crippen LogP contribution in [0.2, 0.25) is 0 Å². The van der Waals surface area contributed by atoms with Gasteiger partial charge in [-0.05, 0) is 53.2 Å². The lowest BCUT2D eigenvalue weighted by molar-refractivity contribution is -0.134. The third kappa shape index (κ3) is 41.6. The summed E-state index contributed by atoms with van der Waals surface area (Å²) in [7, 11) is -4.67. The maximum absolute atomic E-state index is 11.0. The van der Waals surface area contributed by atoms with E-state index >= 15 is 0 Å². The number of aryl methyl sites for hydroxylation is 5. The molecule has 292 valence electrons. The summed E-state index contributed by atoms with van der Waals surface area (Å²) >= 11 is 0. The molecule has 0 bridgehead atoms. The molecule has 0 radical (unpaired) electrons. The van der Waals surface area contributed by atoms with Gasteiger partial charge in [0.15, 0.2) is 5.82 Å². The minimum atomic E-state index is -4.67. The number of hydrogen-bond acceptors (Lipinski definition) is 14. The normalized spacial score (nSPS) is 9.40. The molecular formula is C28H62N14O7S. The second-order valence-corrected chi connectivity index (χ2v) is 10.3. The van der Waals surface area contributed by atoms with Crippen molar-refractivity contribution in [1.82, 2.24) is 50.0 Å². The van der Waals surface area contributed by atoms with E-state index in [0.717, 1.165) is 55.9 Å². The highest BCUT2D eigenvalue weighted by molar-refractivity contribution is 7.79. The zero-order valence-corrected chi connectivity index (χ0v) is 31.2. The van der Waals surface area contributed by atoms with Crippen LogP contribution in [0.15, 0.2) is 0 Å². The van der Waals surface area contributed by atoms with E-state index in [1.165, 1.54) is 31.2 Å². The summed E-state index contributed by atoms with van der Waals surface area (Å²) in [4.78, 5) is 34.4. The second kappa shape index (κ2) is 33.1. The molecule has 0 fully saturated rings. The van der Waals surface area contributed by atoms with E-state index in [0.29, 0.717) is 11.8 Å². The van der Waals surface area contributed by atoms with Crippen LogP contribution < -0.4 is 17.2 Å². The van der Waals surface area contributed by atoms with Crippen LogP contribution >= 0.6 is 0 Å². The number of carbonyl (C=O) groups excluding carboxylic acids is 1. The van der Waals surface area contributed by atoms with E-state index < -0.39 is 16.4 Å². The largest absolute Gasteiger partial charge is 0.481 e. The van der Waals surface area contributed by atoms with Gasteiger partial charge in [-0.1, -0.05) is 42.0 Å². The Bertz CT molecular complexity index is 1350. The molecule has 0 aliphatic rings. The lowest BCUT2D eigenvalue weighted by Gasteiger charge is -2.13. The van der Waals surface area contributed by atoms with E-state index in [1.54, 1.807) is 13.8 Å². The van der Waals surface area contributed by atoms with E-state index in [1.807, 2.05) is 6.92 Å². The molecule has 0 aromatic carbocycles. The Morgan fingerprint density at radius 3 is 1.50 bits per heavy atom. The van der Waals surface area contributed by atoms with Crippen molar-refractivity contribution >= 4 is 34.1 Å². The number of carbonyl (C=O) groups is 2.